The molecule has 6 nitrogen and oxygen atoms in total. The van der Waals surface area contributed by atoms with Crippen molar-refractivity contribution in [3.8, 4) is 11.5 Å². The van der Waals surface area contributed by atoms with Crippen molar-refractivity contribution in [3.05, 3.63) is 45.5 Å². The van der Waals surface area contributed by atoms with Gasteiger partial charge >= 0.3 is 0 Å². The number of rotatable bonds is 7. The summed E-state index contributed by atoms with van der Waals surface area (Å²) in [4.78, 5) is 0. The van der Waals surface area contributed by atoms with Gasteiger partial charge in [0.1, 0.15) is 11.5 Å². The van der Waals surface area contributed by atoms with Gasteiger partial charge in [-0.1, -0.05) is 66.5 Å². The molecule has 0 unspecified atom stereocenters. The number of benzene rings is 1. The Morgan fingerprint density at radius 3 is 2.62 bits per heavy atom. The number of ether oxygens (including phenoxy) is 1. The topological polar surface area (TPSA) is 94.6 Å². The molecule has 1 fully saturated rings. The molecule has 0 bridgehead atoms. The first-order chi connectivity index (χ1) is 15.1. The zero-order valence-corrected chi connectivity index (χ0v) is 19.9. The Labute approximate surface area is 193 Å². The molecule has 1 aromatic rings. The lowest BCUT2D eigenvalue weighted by Gasteiger charge is -2.43. The van der Waals surface area contributed by atoms with Crippen LogP contribution >= 0.6 is 11.6 Å². The molecule has 176 valence electrons. The Kier molecular flexibility index (Phi) is 8.73. The number of phenols is 1. The molecule has 0 amide bonds. The molecule has 2 rings (SSSR count). The maximum Gasteiger partial charge on any atom is 0.228 e. The lowest BCUT2D eigenvalue weighted by Crippen LogP contribution is -2.40. The lowest BCUT2D eigenvalue weighted by molar-refractivity contribution is 0.184. The highest BCUT2D eigenvalue weighted by Gasteiger charge is 2.40. The Morgan fingerprint density at radius 1 is 1.34 bits per heavy atom. The number of aromatic hydroxyl groups is 1. The van der Waals surface area contributed by atoms with Crippen LogP contribution in [0.2, 0.25) is 5.02 Å². The highest BCUT2D eigenvalue weighted by Crippen LogP contribution is 2.45. The molecular formula is C24H32ClFN2O4. The average molecular weight is 467 g/mol. The summed E-state index contributed by atoms with van der Waals surface area (Å²) in [5, 5.41) is 35.6. The summed E-state index contributed by atoms with van der Waals surface area (Å²) in [6, 6.07) is 0. The first kappa shape index (κ1) is 25.7. The molecule has 1 aliphatic rings. The van der Waals surface area contributed by atoms with Crippen LogP contribution in [0.15, 0.2) is 34.1 Å². The molecule has 0 radical (unpaired) electrons. The van der Waals surface area contributed by atoms with Crippen molar-refractivity contribution < 1.29 is 24.6 Å². The number of halogens is 2. The lowest BCUT2D eigenvalue weighted by atomic mass is 9.61. The van der Waals surface area contributed by atoms with Crippen LogP contribution in [-0.4, -0.2) is 34.3 Å². The van der Waals surface area contributed by atoms with E-state index in [4.69, 9.17) is 21.5 Å². The molecule has 0 heterocycles. The number of nitrogens with zero attached hydrogens (tertiary/aromatic N) is 2. The maximum atomic E-state index is 13.0. The van der Waals surface area contributed by atoms with Gasteiger partial charge in [-0.25, -0.2) is 4.39 Å². The molecule has 3 atom stereocenters. The fourth-order valence-corrected chi connectivity index (χ4v) is 4.51. The molecule has 0 saturated heterocycles. The van der Waals surface area contributed by atoms with Gasteiger partial charge in [0.2, 0.25) is 6.86 Å². The van der Waals surface area contributed by atoms with E-state index in [0.29, 0.717) is 17.0 Å². The average Bonchev–Trinajstić information content (AvgIpc) is 2.77. The van der Waals surface area contributed by atoms with E-state index < -0.39 is 6.86 Å². The summed E-state index contributed by atoms with van der Waals surface area (Å²) in [5.41, 5.74) is 2.54. The fourth-order valence-electron chi connectivity index (χ4n) is 4.24. The summed E-state index contributed by atoms with van der Waals surface area (Å²) in [7, 11) is 0. The van der Waals surface area contributed by atoms with Crippen molar-refractivity contribution in [2.75, 3.05) is 6.86 Å². The van der Waals surface area contributed by atoms with Crippen molar-refractivity contribution in [1.82, 2.24) is 0 Å². The first-order valence-electron chi connectivity index (χ1n) is 10.6. The number of allylic oxidation sites excluding steroid dienone is 4. The van der Waals surface area contributed by atoms with Crippen LogP contribution in [0.1, 0.15) is 57.2 Å². The van der Waals surface area contributed by atoms with E-state index in [2.05, 4.69) is 37.2 Å². The van der Waals surface area contributed by atoms with E-state index in [1.165, 1.54) is 0 Å². The summed E-state index contributed by atoms with van der Waals surface area (Å²) < 4.78 is 18.0. The molecule has 0 spiro atoms. The molecule has 32 heavy (non-hydrogen) atoms. The third-order valence-electron chi connectivity index (χ3n) is 6.92. The van der Waals surface area contributed by atoms with Gasteiger partial charge < -0.3 is 20.3 Å². The molecular weight excluding hydrogens is 435 g/mol. The Morgan fingerprint density at radius 2 is 2.03 bits per heavy atom. The zero-order chi connectivity index (χ0) is 24.1. The van der Waals surface area contributed by atoms with Crippen LogP contribution in [0.5, 0.6) is 11.5 Å². The number of alkyl halides is 1. The largest absolute Gasteiger partial charge is 0.507 e. The molecule has 1 aromatic carbocycles. The summed E-state index contributed by atoms with van der Waals surface area (Å²) in [6.07, 6.45) is 9.08. The van der Waals surface area contributed by atoms with Crippen molar-refractivity contribution >= 4 is 23.5 Å². The van der Waals surface area contributed by atoms with Crippen LogP contribution in [-0.2, 0) is 6.42 Å². The van der Waals surface area contributed by atoms with Crippen LogP contribution in [0.3, 0.4) is 0 Å². The van der Waals surface area contributed by atoms with Crippen LogP contribution in [0.25, 0.3) is 0 Å². The van der Waals surface area contributed by atoms with E-state index in [0.717, 1.165) is 30.3 Å². The first-order valence-corrected chi connectivity index (χ1v) is 11.0. The highest BCUT2D eigenvalue weighted by atomic mass is 35.5. The zero-order valence-electron chi connectivity index (χ0n) is 19.2. The summed E-state index contributed by atoms with van der Waals surface area (Å²) in [6.45, 7) is 8.89. The van der Waals surface area contributed by atoms with Crippen LogP contribution < -0.4 is 4.74 Å². The number of hydrogen-bond acceptors (Lipinski definition) is 6. The van der Waals surface area contributed by atoms with E-state index in [9.17, 15) is 14.7 Å². The Hall–Kier alpha value is -2.54. The van der Waals surface area contributed by atoms with E-state index >= 15 is 0 Å². The predicted molar refractivity (Wildman–Crippen MR) is 125 cm³/mol. The standard InChI is InChI=1S/C24H32ClFN2O4/c1-14(10-11-24(5)15(2)7-9-20(28-31)17(24)4)6-8-18-22(29)19(12-27-30)16(3)21(25)23(18)32-13-26/h6,10-12,15,17,29-31H,7-9,13H2,1-5H3/b11-10+,14-6+,27-12+,28-20+/t15-,17+,24+/m1/s1. The van der Waals surface area contributed by atoms with Gasteiger partial charge in [0.05, 0.1) is 16.9 Å². The maximum absolute atomic E-state index is 13.0. The van der Waals surface area contributed by atoms with E-state index in [-0.39, 0.29) is 39.8 Å². The normalized spacial score (nSPS) is 25.8. The van der Waals surface area contributed by atoms with Gasteiger partial charge in [-0.2, -0.15) is 0 Å². The smallest absolute Gasteiger partial charge is 0.228 e. The number of phenolic OH excluding ortho intramolecular Hbond substituents is 1. The van der Waals surface area contributed by atoms with Crippen molar-refractivity contribution in [1.29, 1.82) is 0 Å². The molecule has 1 saturated carbocycles. The quantitative estimate of drug-likeness (QED) is 0.187. The Bertz CT molecular complexity index is 958. The van der Waals surface area contributed by atoms with Gasteiger partial charge in [0, 0.05) is 17.0 Å². The van der Waals surface area contributed by atoms with E-state index in [1.54, 1.807) is 6.92 Å². The van der Waals surface area contributed by atoms with Crippen molar-refractivity contribution in [2.24, 2.45) is 27.6 Å². The van der Waals surface area contributed by atoms with Crippen molar-refractivity contribution in [3.63, 3.8) is 0 Å². The minimum atomic E-state index is -1.09. The minimum absolute atomic E-state index is 0.0672. The monoisotopic (exact) mass is 466 g/mol. The third-order valence-corrected chi connectivity index (χ3v) is 7.38. The fraction of sp³-hybridized carbons (Fsp3) is 0.500. The molecule has 0 aliphatic heterocycles. The summed E-state index contributed by atoms with van der Waals surface area (Å²) in [5.74, 6) is 0.408. The highest BCUT2D eigenvalue weighted by molar-refractivity contribution is 6.33. The van der Waals surface area contributed by atoms with E-state index in [1.807, 2.05) is 19.1 Å². The number of hydrogen-bond donors (Lipinski definition) is 3. The second-order valence-corrected chi connectivity index (χ2v) is 8.99. The molecule has 3 N–H and O–H groups in total. The predicted octanol–water partition coefficient (Wildman–Crippen LogP) is 6.42. The SMILES string of the molecule is CC(/C=C/[C@@]1(C)[C@H](C)CC/C(=N\O)[C@@H]1C)=C\Cc1c(O)c(/C=N/O)c(C)c(Cl)c1OCF. The third kappa shape index (κ3) is 5.09. The van der Waals surface area contributed by atoms with Gasteiger partial charge in [-0.05, 0) is 50.0 Å². The minimum Gasteiger partial charge on any atom is -0.507 e. The van der Waals surface area contributed by atoms with Gasteiger partial charge in [-0.15, -0.1) is 0 Å². The van der Waals surface area contributed by atoms with Crippen LogP contribution in [0.4, 0.5) is 4.39 Å². The van der Waals surface area contributed by atoms with Crippen molar-refractivity contribution in [2.45, 2.75) is 53.9 Å². The van der Waals surface area contributed by atoms with Gasteiger partial charge in [0.25, 0.3) is 0 Å². The van der Waals surface area contributed by atoms with Gasteiger partial charge in [0.15, 0.2) is 0 Å². The summed E-state index contributed by atoms with van der Waals surface area (Å²) >= 11 is 6.33. The number of oxime groups is 2. The Balaban J connectivity index is 2.38. The van der Waals surface area contributed by atoms with Gasteiger partial charge in [-0.3, -0.25) is 0 Å². The second-order valence-electron chi connectivity index (χ2n) is 8.61. The molecule has 8 heteroatoms. The van der Waals surface area contributed by atoms with Crippen LogP contribution in [0, 0.1) is 24.2 Å². The second kappa shape index (κ2) is 10.9. The molecule has 1 aliphatic carbocycles. The molecule has 0 aromatic heterocycles.